The van der Waals surface area contributed by atoms with Crippen molar-refractivity contribution in [2.45, 2.75) is 86.8 Å². The highest BCUT2D eigenvalue weighted by molar-refractivity contribution is 8.00. The lowest BCUT2D eigenvalue weighted by molar-refractivity contribution is -0.137. The average Bonchev–Trinajstić information content (AvgIpc) is 3.42. The zero-order valence-electron chi connectivity index (χ0n) is 19.3. The standard InChI is InChI=1S/C23H35N5O2S2/c1-23(2,3)18-12-25-19(30-18)14-31-20-13-26-22(32-20)27-17-6-4-5-15(11-17)21(29)28-9-7-16(24)8-10-28/h12-13,15-17H,4-11,14,24H2,1-3H3,(H,26,27)/t15-,17+/m1/s1. The van der Waals surface area contributed by atoms with Gasteiger partial charge < -0.3 is 20.4 Å². The van der Waals surface area contributed by atoms with Crippen LogP contribution in [0.25, 0.3) is 0 Å². The minimum absolute atomic E-state index is 0.0302. The molecule has 0 bridgehead atoms. The van der Waals surface area contributed by atoms with Gasteiger partial charge in [-0.05, 0) is 32.1 Å². The lowest BCUT2D eigenvalue weighted by Gasteiger charge is -2.36. The number of hydrogen-bond donors (Lipinski definition) is 2. The topological polar surface area (TPSA) is 97.3 Å². The normalized spacial score (nSPS) is 22.8. The van der Waals surface area contributed by atoms with Gasteiger partial charge in [-0.3, -0.25) is 4.79 Å². The Labute approximate surface area is 198 Å². The Kier molecular flexibility index (Phi) is 7.47. The molecule has 1 aliphatic heterocycles. The summed E-state index contributed by atoms with van der Waals surface area (Å²) in [4.78, 5) is 24.0. The minimum Gasteiger partial charge on any atom is -0.444 e. The third-order valence-electron chi connectivity index (χ3n) is 6.32. The number of carbonyl (C=O) groups is 1. The van der Waals surface area contributed by atoms with E-state index in [1.807, 2.05) is 17.3 Å². The Hall–Kier alpha value is -1.58. The van der Waals surface area contributed by atoms with Crippen molar-refractivity contribution in [2.24, 2.45) is 11.7 Å². The van der Waals surface area contributed by atoms with E-state index >= 15 is 0 Å². The van der Waals surface area contributed by atoms with Crippen LogP contribution in [-0.4, -0.2) is 45.9 Å². The molecule has 2 aromatic heterocycles. The fourth-order valence-corrected chi connectivity index (χ4v) is 6.15. The summed E-state index contributed by atoms with van der Waals surface area (Å²) in [7, 11) is 0. The largest absolute Gasteiger partial charge is 0.444 e. The number of nitrogens with zero attached hydrogens (tertiary/aromatic N) is 3. The van der Waals surface area contributed by atoms with Crippen LogP contribution in [0.15, 0.2) is 21.0 Å². The highest BCUT2D eigenvalue weighted by Crippen LogP contribution is 2.34. The Balaban J connectivity index is 1.26. The molecule has 2 fully saturated rings. The van der Waals surface area contributed by atoms with E-state index in [0.717, 1.165) is 72.6 Å². The van der Waals surface area contributed by atoms with Crippen molar-refractivity contribution in [3.8, 4) is 0 Å². The molecule has 2 aliphatic rings. The van der Waals surface area contributed by atoms with Gasteiger partial charge in [0.25, 0.3) is 0 Å². The molecule has 9 heteroatoms. The Morgan fingerprint density at radius 2 is 2.03 bits per heavy atom. The highest BCUT2D eigenvalue weighted by atomic mass is 32.2. The van der Waals surface area contributed by atoms with E-state index in [0.29, 0.717) is 17.7 Å². The second-order valence-corrected chi connectivity index (χ2v) is 12.3. The molecule has 0 spiro atoms. The van der Waals surface area contributed by atoms with Gasteiger partial charge in [0.15, 0.2) is 5.13 Å². The van der Waals surface area contributed by atoms with Crippen LogP contribution in [0.2, 0.25) is 0 Å². The molecule has 1 saturated carbocycles. The van der Waals surface area contributed by atoms with Crippen molar-refractivity contribution in [1.29, 1.82) is 0 Å². The van der Waals surface area contributed by atoms with Crippen LogP contribution >= 0.6 is 23.1 Å². The zero-order chi connectivity index (χ0) is 22.7. The third kappa shape index (κ3) is 6.05. The summed E-state index contributed by atoms with van der Waals surface area (Å²) in [6.07, 6.45) is 9.62. The van der Waals surface area contributed by atoms with Crippen LogP contribution in [-0.2, 0) is 16.0 Å². The van der Waals surface area contributed by atoms with E-state index in [4.69, 9.17) is 10.2 Å². The van der Waals surface area contributed by atoms with E-state index < -0.39 is 0 Å². The van der Waals surface area contributed by atoms with Crippen LogP contribution < -0.4 is 11.1 Å². The lowest BCUT2D eigenvalue weighted by atomic mass is 9.84. The number of piperidine rings is 1. The number of aromatic nitrogens is 2. The smallest absolute Gasteiger partial charge is 0.225 e. The number of hydrogen-bond acceptors (Lipinski definition) is 8. The van der Waals surface area contributed by atoms with Gasteiger partial charge in [0, 0.05) is 36.5 Å². The number of rotatable bonds is 6. The molecule has 176 valence electrons. The number of thioether (sulfide) groups is 1. The van der Waals surface area contributed by atoms with Gasteiger partial charge in [-0.25, -0.2) is 9.97 Å². The van der Waals surface area contributed by atoms with Gasteiger partial charge in [0.2, 0.25) is 11.8 Å². The van der Waals surface area contributed by atoms with Crippen LogP contribution in [0, 0.1) is 5.92 Å². The van der Waals surface area contributed by atoms with Crippen molar-refractivity contribution in [1.82, 2.24) is 14.9 Å². The quantitative estimate of drug-likeness (QED) is 0.585. The first kappa shape index (κ1) is 23.6. The van der Waals surface area contributed by atoms with Gasteiger partial charge in [0.05, 0.1) is 22.4 Å². The number of anilines is 1. The van der Waals surface area contributed by atoms with Crippen LogP contribution in [0.4, 0.5) is 5.13 Å². The first-order valence-corrected chi connectivity index (χ1v) is 13.4. The van der Waals surface area contributed by atoms with Gasteiger partial charge in [-0.1, -0.05) is 38.5 Å². The van der Waals surface area contributed by atoms with Crippen molar-refractivity contribution in [3.05, 3.63) is 24.0 Å². The second kappa shape index (κ2) is 10.1. The fraction of sp³-hybridized carbons (Fsp3) is 0.696. The molecule has 2 atom stereocenters. The molecule has 3 heterocycles. The molecule has 1 saturated heterocycles. The highest BCUT2D eigenvalue weighted by Gasteiger charge is 2.32. The van der Waals surface area contributed by atoms with E-state index in [9.17, 15) is 4.79 Å². The van der Waals surface area contributed by atoms with Crippen LogP contribution in [0.3, 0.4) is 0 Å². The van der Waals surface area contributed by atoms with E-state index in [2.05, 4.69) is 36.1 Å². The van der Waals surface area contributed by atoms with Gasteiger partial charge in [-0.15, -0.1) is 11.8 Å². The van der Waals surface area contributed by atoms with Gasteiger partial charge in [0.1, 0.15) is 5.76 Å². The first-order valence-electron chi connectivity index (χ1n) is 11.6. The van der Waals surface area contributed by atoms with E-state index in [-0.39, 0.29) is 17.4 Å². The van der Waals surface area contributed by atoms with Crippen LogP contribution in [0.1, 0.15) is 70.9 Å². The van der Waals surface area contributed by atoms with Gasteiger partial charge in [-0.2, -0.15) is 0 Å². The SMILES string of the molecule is CC(C)(C)c1cnc(CSc2cnc(N[C@H]3CCC[C@@H](C(=O)N4CCC(N)CC4)C3)s2)o1. The first-order chi connectivity index (χ1) is 15.3. The maximum absolute atomic E-state index is 13.0. The summed E-state index contributed by atoms with van der Waals surface area (Å²) in [5, 5.41) is 4.51. The molecule has 1 aliphatic carbocycles. The fourth-order valence-electron chi connectivity index (χ4n) is 4.35. The van der Waals surface area contributed by atoms with Crippen molar-refractivity contribution in [2.75, 3.05) is 18.4 Å². The number of nitrogens with two attached hydrogens (primary N) is 1. The maximum atomic E-state index is 13.0. The molecule has 0 radical (unpaired) electrons. The molecular weight excluding hydrogens is 442 g/mol. The minimum atomic E-state index is -0.0302. The van der Waals surface area contributed by atoms with Crippen molar-refractivity contribution < 1.29 is 9.21 Å². The second-order valence-electron chi connectivity index (χ2n) is 10.0. The number of oxazole rings is 1. The molecule has 0 aromatic carbocycles. The molecule has 3 N–H and O–H groups in total. The predicted molar refractivity (Wildman–Crippen MR) is 130 cm³/mol. The summed E-state index contributed by atoms with van der Waals surface area (Å²) in [6, 6.07) is 0.552. The lowest BCUT2D eigenvalue weighted by Crippen LogP contribution is -2.46. The molecule has 32 heavy (non-hydrogen) atoms. The summed E-state index contributed by atoms with van der Waals surface area (Å²) in [6.45, 7) is 7.98. The Bertz CT molecular complexity index is 898. The van der Waals surface area contributed by atoms with E-state index in [1.54, 1.807) is 23.1 Å². The zero-order valence-corrected chi connectivity index (χ0v) is 20.9. The number of amides is 1. The molecule has 1 amide bonds. The summed E-state index contributed by atoms with van der Waals surface area (Å²) in [5.74, 6) is 2.78. The number of thiazole rings is 1. The van der Waals surface area contributed by atoms with Gasteiger partial charge >= 0.3 is 0 Å². The Morgan fingerprint density at radius 1 is 1.25 bits per heavy atom. The predicted octanol–water partition coefficient (Wildman–Crippen LogP) is 4.64. The van der Waals surface area contributed by atoms with Crippen molar-refractivity contribution in [3.63, 3.8) is 0 Å². The van der Waals surface area contributed by atoms with Crippen LogP contribution in [0.5, 0.6) is 0 Å². The third-order valence-corrected chi connectivity index (χ3v) is 8.43. The molecule has 2 aromatic rings. The average molecular weight is 478 g/mol. The summed E-state index contributed by atoms with van der Waals surface area (Å²) in [5.41, 5.74) is 5.96. The number of likely N-dealkylation sites (tertiary alicyclic amines) is 1. The summed E-state index contributed by atoms with van der Waals surface area (Å²) >= 11 is 3.35. The molecule has 4 rings (SSSR count). The molecule has 0 unspecified atom stereocenters. The number of carbonyl (C=O) groups excluding carboxylic acids is 1. The summed E-state index contributed by atoms with van der Waals surface area (Å²) < 4.78 is 7.02. The molecular formula is C23H35N5O2S2. The monoisotopic (exact) mass is 477 g/mol. The Morgan fingerprint density at radius 3 is 2.75 bits per heavy atom. The molecule has 7 nitrogen and oxygen atoms in total. The number of nitrogens with one attached hydrogen (secondary N) is 1. The maximum Gasteiger partial charge on any atom is 0.225 e. The van der Waals surface area contributed by atoms with E-state index in [1.165, 1.54) is 0 Å². The van der Waals surface area contributed by atoms with Crippen molar-refractivity contribution >= 4 is 34.1 Å².